The minimum absolute atomic E-state index is 0.271. The van der Waals surface area contributed by atoms with Gasteiger partial charge in [-0.1, -0.05) is 42.5 Å². The maximum absolute atomic E-state index is 8.80. The van der Waals surface area contributed by atoms with Crippen LogP contribution in [0.2, 0.25) is 0 Å². The molecule has 0 fully saturated rings. The highest BCUT2D eigenvalue weighted by molar-refractivity contribution is 5.46. The van der Waals surface area contributed by atoms with Gasteiger partial charge in [-0.3, -0.25) is 0 Å². The second-order valence-corrected chi connectivity index (χ2v) is 5.68. The first-order valence-electron chi connectivity index (χ1n) is 8.49. The summed E-state index contributed by atoms with van der Waals surface area (Å²) in [7, 11) is 1.66. The Hall–Kier alpha value is -2.04. The van der Waals surface area contributed by atoms with Gasteiger partial charge in [0.05, 0.1) is 7.11 Å². The molecule has 0 unspecified atom stereocenters. The second-order valence-electron chi connectivity index (χ2n) is 5.68. The number of rotatable bonds is 11. The molecule has 2 aromatic carbocycles. The van der Waals surface area contributed by atoms with Crippen LogP contribution in [-0.2, 0) is 13.2 Å². The van der Waals surface area contributed by atoms with Crippen LogP contribution in [0.25, 0.3) is 0 Å². The highest BCUT2D eigenvalue weighted by Crippen LogP contribution is 2.31. The lowest BCUT2D eigenvalue weighted by molar-refractivity contribution is 0.279. The third kappa shape index (κ3) is 5.87. The van der Waals surface area contributed by atoms with Crippen LogP contribution in [0.5, 0.6) is 11.5 Å². The van der Waals surface area contributed by atoms with Gasteiger partial charge in [-0.15, -0.1) is 0 Å². The fraction of sp³-hybridized carbons (Fsp3) is 0.400. The fourth-order valence-electron chi connectivity index (χ4n) is 2.52. The Morgan fingerprint density at radius 3 is 2.54 bits per heavy atom. The predicted octanol–water partition coefficient (Wildman–Crippen LogP) is 3.53. The van der Waals surface area contributed by atoms with Gasteiger partial charge in [0.2, 0.25) is 0 Å². The molecule has 2 N–H and O–H groups in total. The summed E-state index contributed by atoms with van der Waals surface area (Å²) in [5.41, 5.74) is 2.22. The van der Waals surface area contributed by atoms with Crippen LogP contribution in [0.3, 0.4) is 0 Å². The molecule has 2 aromatic rings. The average molecular weight is 329 g/mol. The number of ether oxygens (including phenoxy) is 2. The van der Waals surface area contributed by atoms with Crippen molar-refractivity contribution < 1.29 is 14.6 Å². The van der Waals surface area contributed by atoms with Crippen molar-refractivity contribution in [3.63, 3.8) is 0 Å². The number of aliphatic hydroxyl groups excluding tert-OH is 1. The van der Waals surface area contributed by atoms with Gasteiger partial charge in [-0.05, 0) is 37.4 Å². The lowest BCUT2D eigenvalue weighted by atomic mass is 10.1. The number of nitrogens with one attached hydrogen (secondary N) is 1. The van der Waals surface area contributed by atoms with Gasteiger partial charge in [0.15, 0.2) is 11.5 Å². The topological polar surface area (TPSA) is 50.7 Å². The van der Waals surface area contributed by atoms with Crippen LogP contribution in [0, 0.1) is 0 Å². The smallest absolute Gasteiger partial charge is 0.166 e. The highest BCUT2D eigenvalue weighted by atomic mass is 16.5. The molecule has 0 saturated carbocycles. The number of hydrogen-bond donors (Lipinski definition) is 2. The molecule has 0 saturated heterocycles. The van der Waals surface area contributed by atoms with E-state index < -0.39 is 0 Å². The molecular formula is C20H27NO3. The van der Waals surface area contributed by atoms with Gasteiger partial charge in [0.1, 0.15) is 6.61 Å². The number of benzene rings is 2. The van der Waals surface area contributed by atoms with E-state index in [1.54, 1.807) is 7.11 Å². The van der Waals surface area contributed by atoms with E-state index in [1.165, 1.54) is 0 Å². The third-order valence-electron chi connectivity index (χ3n) is 3.83. The molecule has 0 bridgehead atoms. The third-order valence-corrected chi connectivity index (χ3v) is 3.83. The molecule has 0 spiro atoms. The molecule has 0 radical (unpaired) electrons. The SMILES string of the molecule is COc1cccc(CNCCCCCO)c1OCc1ccccc1. The Morgan fingerprint density at radius 1 is 0.958 bits per heavy atom. The summed E-state index contributed by atoms with van der Waals surface area (Å²) in [6, 6.07) is 16.1. The van der Waals surface area contributed by atoms with Crippen LogP contribution in [0.1, 0.15) is 30.4 Å². The largest absolute Gasteiger partial charge is 0.493 e. The Bertz CT molecular complexity index is 587. The Kier molecular flexibility index (Phi) is 8.15. The molecule has 0 heterocycles. The summed E-state index contributed by atoms with van der Waals surface area (Å²) >= 11 is 0. The molecule has 0 aliphatic carbocycles. The molecule has 0 aromatic heterocycles. The Labute approximate surface area is 144 Å². The molecule has 0 atom stereocenters. The number of para-hydroxylation sites is 1. The lowest BCUT2D eigenvalue weighted by Crippen LogP contribution is -2.16. The molecular weight excluding hydrogens is 302 g/mol. The van der Waals surface area contributed by atoms with E-state index in [2.05, 4.69) is 23.5 Å². The molecule has 0 amide bonds. The van der Waals surface area contributed by atoms with Crippen molar-refractivity contribution >= 4 is 0 Å². The molecule has 4 heteroatoms. The van der Waals surface area contributed by atoms with Crippen LogP contribution >= 0.6 is 0 Å². The lowest BCUT2D eigenvalue weighted by Gasteiger charge is -2.15. The normalized spacial score (nSPS) is 10.6. The first-order valence-corrected chi connectivity index (χ1v) is 8.49. The van der Waals surface area contributed by atoms with Gasteiger partial charge in [-0.2, -0.15) is 0 Å². The Morgan fingerprint density at radius 2 is 1.79 bits per heavy atom. The van der Waals surface area contributed by atoms with E-state index in [0.29, 0.717) is 6.61 Å². The van der Waals surface area contributed by atoms with Crippen LogP contribution < -0.4 is 14.8 Å². The van der Waals surface area contributed by atoms with Crippen molar-refractivity contribution in [3.05, 3.63) is 59.7 Å². The van der Waals surface area contributed by atoms with E-state index in [9.17, 15) is 0 Å². The van der Waals surface area contributed by atoms with Crippen molar-refractivity contribution in [1.82, 2.24) is 5.32 Å². The fourth-order valence-corrected chi connectivity index (χ4v) is 2.52. The predicted molar refractivity (Wildman–Crippen MR) is 96.4 cm³/mol. The van der Waals surface area contributed by atoms with E-state index in [4.69, 9.17) is 14.6 Å². The van der Waals surface area contributed by atoms with Crippen LogP contribution in [-0.4, -0.2) is 25.4 Å². The van der Waals surface area contributed by atoms with Gasteiger partial charge < -0.3 is 19.9 Å². The molecule has 2 rings (SSSR count). The van der Waals surface area contributed by atoms with Crippen molar-refractivity contribution in [2.75, 3.05) is 20.3 Å². The average Bonchev–Trinajstić information content (AvgIpc) is 2.64. The van der Waals surface area contributed by atoms with Crippen LogP contribution in [0.15, 0.2) is 48.5 Å². The van der Waals surface area contributed by atoms with Crippen molar-refractivity contribution in [2.24, 2.45) is 0 Å². The molecule has 4 nitrogen and oxygen atoms in total. The zero-order valence-corrected chi connectivity index (χ0v) is 14.3. The van der Waals surface area contributed by atoms with Crippen molar-refractivity contribution in [2.45, 2.75) is 32.4 Å². The van der Waals surface area contributed by atoms with E-state index in [1.807, 2.05) is 30.3 Å². The maximum Gasteiger partial charge on any atom is 0.166 e. The zero-order valence-electron chi connectivity index (χ0n) is 14.3. The van der Waals surface area contributed by atoms with E-state index in [0.717, 1.165) is 55.0 Å². The first-order chi connectivity index (χ1) is 11.8. The van der Waals surface area contributed by atoms with E-state index >= 15 is 0 Å². The van der Waals surface area contributed by atoms with Crippen molar-refractivity contribution in [1.29, 1.82) is 0 Å². The summed E-state index contributed by atoms with van der Waals surface area (Å²) in [6.45, 7) is 2.45. The zero-order chi connectivity index (χ0) is 17.0. The van der Waals surface area contributed by atoms with E-state index in [-0.39, 0.29) is 6.61 Å². The summed E-state index contributed by atoms with van der Waals surface area (Å²) in [5.74, 6) is 1.55. The summed E-state index contributed by atoms with van der Waals surface area (Å²) in [5, 5.41) is 12.2. The number of aliphatic hydroxyl groups is 1. The van der Waals surface area contributed by atoms with Gasteiger partial charge >= 0.3 is 0 Å². The van der Waals surface area contributed by atoms with Gasteiger partial charge in [0, 0.05) is 18.7 Å². The Balaban J connectivity index is 1.94. The number of unbranched alkanes of at least 4 members (excludes halogenated alkanes) is 2. The van der Waals surface area contributed by atoms with Gasteiger partial charge in [-0.25, -0.2) is 0 Å². The minimum Gasteiger partial charge on any atom is -0.493 e. The molecule has 130 valence electrons. The summed E-state index contributed by atoms with van der Waals surface area (Å²) < 4.78 is 11.5. The monoisotopic (exact) mass is 329 g/mol. The van der Waals surface area contributed by atoms with Crippen molar-refractivity contribution in [3.8, 4) is 11.5 Å². The van der Waals surface area contributed by atoms with Crippen LogP contribution in [0.4, 0.5) is 0 Å². The first kappa shape index (κ1) is 18.3. The maximum atomic E-state index is 8.80. The minimum atomic E-state index is 0.271. The number of methoxy groups -OCH3 is 1. The summed E-state index contributed by atoms with van der Waals surface area (Å²) in [4.78, 5) is 0. The quantitative estimate of drug-likeness (QED) is 0.619. The second kappa shape index (κ2) is 10.7. The number of hydrogen-bond acceptors (Lipinski definition) is 4. The molecule has 24 heavy (non-hydrogen) atoms. The molecule has 0 aliphatic heterocycles. The standard InChI is InChI=1S/C20H27NO3/c1-23-19-12-8-11-18(15-21-13-6-3-7-14-22)20(19)24-16-17-9-4-2-5-10-17/h2,4-5,8-12,21-22H,3,6-7,13-16H2,1H3. The highest BCUT2D eigenvalue weighted by Gasteiger charge is 2.10. The van der Waals surface area contributed by atoms with Gasteiger partial charge in [0.25, 0.3) is 0 Å². The summed E-state index contributed by atoms with van der Waals surface area (Å²) in [6.07, 6.45) is 2.97. The molecule has 0 aliphatic rings.